The second-order valence-electron chi connectivity index (χ2n) is 6.18. The first-order valence-electron chi connectivity index (χ1n) is 8.63. The molecule has 0 radical (unpaired) electrons. The van der Waals surface area contributed by atoms with Crippen LogP contribution in [0.25, 0.3) is 0 Å². The SMILES string of the molecule is Cc1ccc(OC(C)c2nnc(SCC(=O)Nc3ccccc3)n2C)cc1. The van der Waals surface area contributed by atoms with E-state index in [-0.39, 0.29) is 17.8 Å². The van der Waals surface area contributed by atoms with Crippen molar-refractivity contribution in [1.29, 1.82) is 0 Å². The number of amides is 1. The van der Waals surface area contributed by atoms with Crippen LogP contribution in [0.2, 0.25) is 0 Å². The van der Waals surface area contributed by atoms with Gasteiger partial charge in [-0.25, -0.2) is 0 Å². The van der Waals surface area contributed by atoms with Crippen molar-refractivity contribution in [2.75, 3.05) is 11.1 Å². The summed E-state index contributed by atoms with van der Waals surface area (Å²) in [5, 5.41) is 11.9. The monoisotopic (exact) mass is 382 g/mol. The van der Waals surface area contributed by atoms with Crippen molar-refractivity contribution in [3.8, 4) is 5.75 Å². The van der Waals surface area contributed by atoms with Crippen LogP contribution in [0.1, 0.15) is 24.4 Å². The summed E-state index contributed by atoms with van der Waals surface area (Å²) in [7, 11) is 1.88. The van der Waals surface area contributed by atoms with E-state index in [1.165, 1.54) is 17.3 Å². The summed E-state index contributed by atoms with van der Waals surface area (Å²) in [6.45, 7) is 3.97. The minimum Gasteiger partial charge on any atom is -0.483 e. The van der Waals surface area contributed by atoms with Crippen LogP contribution < -0.4 is 10.1 Å². The fourth-order valence-electron chi connectivity index (χ4n) is 2.53. The zero-order chi connectivity index (χ0) is 19.2. The van der Waals surface area contributed by atoms with E-state index in [4.69, 9.17) is 4.74 Å². The van der Waals surface area contributed by atoms with Crippen molar-refractivity contribution in [1.82, 2.24) is 14.8 Å². The second-order valence-corrected chi connectivity index (χ2v) is 7.12. The Hall–Kier alpha value is -2.80. The van der Waals surface area contributed by atoms with E-state index in [2.05, 4.69) is 15.5 Å². The zero-order valence-electron chi connectivity index (χ0n) is 15.5. The van der Waals surface area contributed by atoms with Gasteiger partial charge in [-0.3, -0.25) is 4.79 Å². The maximum absolute atomic E-state index is 12.1. The third-order valence-electron chi connectivity index (χ3n) is 3.96. The van der Waals surface area contributed by atoms with E-state index < -0.39 is 0 Å². The van der Waals surface area contributed by atoms with Gasteiger partial charge < -0.3 is 14.6 Å². The number of aromatic nitrogens is 3. The molecule has 140 valence electrons. The molecule has 0 bridgehead atoms. The molecule has 3 aromatic rings. The van der Waals surface area contributed by atoms with Gasteiger partial charge in [-0.15, -0.1) is 10.2 Å². The van der Waals surface area contributed by atoms with Crippen LogP contribution in [0, 0.1) is 6.92 Å². The summed E-state index contributed by atoms with van der Waals surface area (Å²) in [5.41, 5.74) is 1.96. The first kappa shape index (κ1) is 19.0. The molecule has 0 spiro atoms. The fourth-order valence-corrected chi connectivity index (χ4v) is 3.25. The largest absolute Gasteiger partial charge is 0.483 e. The van der Waals surface area contributed by atoms with E-state index in [0.717, 1.165) is 11.4 Å². The number of anilines is 1. The highest BCUT2D eigenvalue weighted by molar-refractivity contribution is 7.99. The molecule has 7 heteroatoms. The molecular weight excluding hydrogens is 360 g/mol. The van der Waals surface area contributed by atoms with Gasteiger partial charge in [-0.1, -0.05) is 47.7 Å². The average Bonchev–Trinajstić information content (AvgIpc) is 3.03. The quantitative estimate of drug-likeness (QED) is 0.626. The number of hydrogen-bond donors (Lipinski definition) is 1. The summed E-state index contributed by atoms with van der Waals surface area (Å²) in [4.78, 5) is 12.1. The number of hydrogen-bond acceptors (Lipinski definition) is 5. The van der Waals surface area contributed by atoms with Gasteiger partial charge in [-0.05, 0) is 38.1 Å². The number of ether oxygens (including phenoxy) is 1. The Bertz CT molecular complexity index is 894. The van der Waals surface area contributed by atoms with E-state index in [9.17, 15) is 4.79 Å². The molecule has 0 fully saturated rings. The van der Waals surface area contributed by atoms with Crippen molar-refractivity contribution in [3.05, 3.63) is 66.0 Å². The van der Waals surface area contributed by atoms with Crippen LogP contribution in [-0.2, 0) is 11.8 Å². The number of nitrogens with one attached hydrogen (secondary N) is 1. The normalized spacial score (nSPS) is 11.8. The number of rotatable bonds is 7. The molecule has 0 aliphatic rings. The lowest BCUT2D eigenvalue weighted by Gasteiger charge is -2.14. The molecule has 0 aliphatic heterocycles. The van der Waals surface area contributed by atoms with E-state index in [0.29, 0.717) is 11.0 Å². The van der Waals surface area contributed by atoms with Crippen LogP contribution >= 0.6 is 11.8 Å². The molecule has 1 amide bonds. The Labute approximate surface area is 163 Å². The van der Waals surface area contributed by atoms with Gasteiger partial charge >= 0.3 is 0 Å². The number of benzene rings is 2. The Balaban J connectivity index is 1.57. The highest BCUT2D eigenvalue weighted by atomic mass is 32.2. The predicted octanol–water partition coefficient (Wildman–Crippen LogP) is 3.99. The minimum absolute atomic E-state index is 0.0836. The topological polar surface area (TPSA) is 69.0 Å². The lowest BCUT2D eigenvalue weighted by molar-refractivity contribution is -0.113. The summed E-state index contributed by atoms with van der Waals surface area (Å²) < 4.78 is 7.80. The van der Waals surface area contributed by atoms with Crippen LogP contribution in [0.5, 0.6) is 5.75 Å². The predicted molar refractivity (Wildman–Crippen MR) is 107 cm³/mol. The van der Waals surface area contributed by atoms with Gasteiger partial charge in [0.25, 0.3) is 0 Å². The Morgan fingerprint density at radius 2 is 1.85 bits per heavy atom. The molecule has 3 rings (SSSR count). The number of thioether (sulfide) groups is 1. The van der Waals surface area contributed by atoms with Crippen molar-refractivity contribution < 1.29 is 9.53 Å². The molecule has 0 aliphatic carbocycles. The average molecular weight is 382 g/mol. The van der Waals surface area contributed by atoms with Crippen molar-refractivity contribution >= 4 is 23.4 Å². The molecular formula is C20H22N4O2S. The van der Waals surface area contributed by atoms with Crippen LogP contribution in [0.4, 0.5) is 5.69 Å². The van der Waals surface area contributed by atoms with E-state index in [1.54, 1.807) is 0 Å². The molecule has 2 aromatic carbocycles. The second kappa shape index (κ2) is 8.73. The molecule has 6 nitrogen and oxygen atoms in total. The molecule has 0 saturated heterocycles. The molecule has 1 atom stereocenters. The van der Waals surface area contributed by atoms with Gasteiger partial charge in [-0.2, -0.15) is 0 Å². The first-order chi connectivity index (χ1) is 13.0. The van der Waals surface area contributed by atoms with Crippen molar-refractivity contribution in [3.63, 3.8) is 0 Å². The van der Waals surface area contributed by atoms with Crippen LogP contribution in [0.3, 0.4) is 0 Å². The lowest BCUT2D eigenvalue weighted by Crippen LogP contribution is -2.14. The smallest absolute Gasteiger partial charge is 0.234 e. The highest BCUT2D eigenvalue weighted by Gasteiger charge is 2.18. The fraction of sp³-hybridized carbons (Fsp3) is 0.250. The third kappa shape index (κ3) is 5.10. The number of aryl methyl sites for hydroxylation is 1. The molecule has 0 saturated carbocycles. The molecule has 1 aromatic heterocycles. The summed E-state index contributed by atoms with van der Waals surface area (Å²) in [5.74, 6) is 1.67. The van der Waals surface area contributed by atoms with Gasteiger partial charge in [0.05, 0.1) is 5.75 Å². The van der Waals surface area contributed by atoms with Gasteiger partial charge in [0.2, 0.25) is 5.91 Å². The molecule has 1 unspecified atom stereocenters. The summed E-state index contributed by atoms with van der Waals surface area (Å²) in [6, 6.07) is 17.3. The van der Waals surface area contributed by atoms with E-state index >= 15 is 0 Å². The number of carbonyl (C=O) groups is 1. The lowest BCUT2D eigenvalue weighted by atomic mass is 10.2. The van der Waals surface area contributed by atoms with Crippen molar-refractivity contribution in [2.24, 2.45) is 7.05 Å². The van der Waals surface area contributed by atoms with Gasteiger partial charge in [0.1, 0.15) is 5.75 Å². The van der Waals surface area contributed by atoms with Crippen LogP contribution in [0.15, 0.2) is 59.8 Å². The minimum atomic E-state index is -0.252. The highest BCUT2D eigenvalue weighted by Crippen LogP contribution is 2.24. The Kier molecular flexibility index (Phi) is 6.13. The standard InChI is InChI=1S/C20H22N4O2S/c1-14-9-11-17(12-10-14)26-15(2)19-22-23-20(24(19)3)27-13-18(25)21-16-7-5-4-6-8-16/h4-12,15H,13H2,1-3H3,(H,21,25). The maximum Gasteiger partial charge on any atom is 0.234 e. The Morgan fingerprint density at radius 3 is 2.56 bits per heavy atom. The van der Waals surface area contributed by atoms with Crippen LogP contribution in [-0.4, -0.2) is 26.4 Å². The molecule has 27 heavy (non-hydrogen) atoms. The number of carbonyl (C=O) groups excluding carboxylic acids is 1. The summed E-state index contributed by atoms with van der Waals surface area (Å²) >= 11 is 1.34. The first-order valence-corrected chi connectivity index (χ1v) is 9.62. The number of nitrogens with zero attached hydrogens (tertiary/aromatic N) is 3. The van der Waals surface area contributed by atoms with Gasteiger partial charge in [0.15, 0.2) is 17.1 Å². The Morgan fingerprint density at radius 1 is 1.15 bits per heavy atom. The summed E-state index contributed by atoms with van der Waals surface area (Å²) in [6.07, 6.45) is -0.252. The third-order valence-corrected chi connectivity index (χ3v) is 4.98. The molecule has 1 N–H and O–H groups in total. The van der Waals surface area contributed by atoms with Crippen molar-refractivity contribution in [2.45, 2.75) is 25.1 Å². The molecule has 1 heterocycles. The zero-order valence-corrected chi connectivity index (χ0v) is 16.4. The maximum atomic E-state index is 12.1. The van der Waals surface area contributed by atoms with E-state index in [1.807, 2.05) is 80.1 Å². The number of para-hydroxylation sites is 1. The van der Waals surface area contributed by atoms with Gasteiger partial charge in [0, 0.05) is 12.7 Å².